The second-order valence-corrected chi connectivity index (χ2v) is 6.40. The van der Waals surface area contributed by atoms with Crippen molar-refractivity contribution in [1.82, 2.24) is 9.97 Å². The van der Waals surface area contributed by atoms with Gasteiger partial charge < -0.3 is 21.3 Å². The fraction of sp³-hybridized carbons (Fsp3) is 0.333. The summed E-state index contributed by atoms with van der Waals surface area (Å²) in [6, 6.07) is 7.34. The zero-order valence-corrected chi connectivity index (χ0v) is 14.8. The highest BCUT2D eigenvalue weighted by Crippen LogP contribution is 2.29. The van der Waals surface area contributed by atoms with Crippen LogP contribution in [-0.2, 0) is 4.79 Å². The Balaban J connectivity index is 1.80. The van der Waals surface area contributed by atoms with E-state index in [1.165, 1.54) is 26.0 Å². The molecule has 26 heavy (non-hydrogen) atoms. The first kappa shape index (κ1) is 17.7. The number of carbonyl (C=O) groups excluding carboxylic acids is 2. The van der Waals surface area contributed by atoms with Crippen molar-refractivity contribution in [3.63, 3.8) is 0 Å². The Kier molecular flexibility index (Phi) is 5.01. The van der Waals surface area contributed by atoms with E-state index in [2.05, 4.69) is 20.6 Å². The first-order valence-electron chi connectivity index (χ1n) is 8.46. The van der Waals surface area contributed by atoms with Crippen LogP contribution < -0.4 is 21.3 Å². The molecule has 1 aliphatic carbocycles. The standard InChI is InChI=1S/C18H22N6O2/c1-11(25)24(2)14-5-3-4-13(8-14)22-18-21-10-15(16(19)26)17(23-18)20-9-12-6-7-12/h3-5,8,10,12H,6-7,9H2,1-2H3,(H2,19,26)(H2,20,21,22,23). The number of hydrogen-bond acceptors (Lipinski definition) is 6. The lowest BCUT2D eigenvalue weighted by Crippen LogP contribution is -2.22. The first-order valence-corrected chi connectivity index (χ1v) is 8.46. The molecule has 136 valence electrons. The number of hydrogen-bond donors (Lipinski definition) is 3. The molecular formula is C18H22N6O2. The van der Waals surface area contributed by atoms with Crippen molar-refractivity contribution in [2.24, 2.45) is 11.7 Å². The SMILES string of the molecule is CC(=O)N(C)c1cccc(Nc2ncc(C(N)=O)c(NCC3CC3)n2)c1. The van der Waals surface area contributed by atoms with Gasteiger partial charge in [0.25, 0.3) is 5.91 Å². The molecule has 0 radical (unpaired) electrons. The number of aromatic nitrogens is 2. The average molecular weight is 354 g/mol. The number of amides is 2. The van der Waals surface area contributed by atoms with E-state index >= 15 is 0 Å². The molecule has 0 aliphatic heterocycles. The van der Waals surface area contributed by atoms with Crippen molar-refractivity contribution in [3.8, 4) is 0 Å². The Labute approximate surface area is 151 Å². The maximum Gasteiger partial charge on any atom is 0.254 e. The molecule has 1 saturated carbocycles. The summed E-state index contributed by atoms with van der Waals surface area (Å²) in [5, 5.41) is 6.28. The molecule has 0 atom stereocenters. The fourth-order valence-electron chi connectivity index (χ4n) is 2.42. The van der Waals surface area contributed by atoms with E-state index in [1.807, 2.05) is 24.3 Å². The van der Waals surface area contributed by atoms with Gasteiger partial charge in [-0.15, -0.1) is 0 Å². The van der Waals surface area contributed by atoms with Gasteiger partial charge in [0.1, 0.15) is 5.82 Å². The van der Waals surface area contributed by atoms with Gasteiger partial charge in [-0.3, -0.25) is 9.59 Å². The lowest BCUT2D eigenvalue weighted by Gasteiger charge is -2.16. The first-order chi connectivity index (χ1) is 12.4. The quantitative estimate of drug-likeness (QED) is 0.702. The molecule has 1 heterocycles. The molecule has 3 rings (SSSR count). The average Bonchev–Trinajstić information content (AvgIpc) is 3.43. The van der Waals surface area contributed by atoms with Gasteiger partial charge in [0.2, 0.25) is 11.9 Å². The van der Waals surface area contributed by atoms with Crippen molar-refractivity contribution in [1.29, 1.82) is 0 Å². The minimum Gasteiger partial charge on any atom is -0.369 e. The third-order valence-corrected chi connectivity index (χ3v) is 4.27. The number of rotatable bonds is 7. The van der Waals surface area contributed by atoms with Gasteiger partial charge >= 0.3 is 0 Å². The number of nitrogens with zero attached hydrogens (tertiary/aromatic N) is 3. The summed E-state index contributed by atoms with van der Waals surface area (Å²) in [6.45, 7) is 2.26. The van der Waals surface area contributed by atoms with E-state index < -0.39 is 5.91 Å². The summed E-state index contributed by atoms with van der Waals surface area (Å²) < 4.78 is 0. The van der Waals surface area contributed by atoms with Crippen LogP contribution in [0.5, 0.6) is 0 Å². The zero-order valence-electron chi connectivity index (χ0n) is 14.8. The van der Waals surface area contributed by atoms with E-state index in [-0.39, 0.29) is 11.5 Å². The Morgan fingerprint density at radius 3 is 2.77 bits per heavy atom. The van der Waals surface area contributed by atoms with Gasteiger partial charge in [-0.1, -0.05) is 6.07 Å². The van der Waals surface area contributed by atoms with Crippen molar-refractivity contribution in [2.45, 2.75) is 19.8 Å². The minimum atomic E-state index is -0.570. The van der Waals surface area contributed by atoms with E-state index in [4.69, 9.17) is 5.73 Å². The van der Waals surface area contributed by atoms with Gasteiger partial charge in [0.05, 0.1) is 5.56 Å². The van der Waals surface area contributed by atoms with Gasteiger partial charge in [-0.2, -0.15) is 4.98 Å². The van der Waals surface area contributed by atoms with Gasteiger partial charge in [-0.25, -0.2) is 4.98 Å². The maximum absolute atomic E-state index is 11.6. The molecule has 4 N–H and O–H groups in total. The van der Waals surface area contributed by atoms with Crippen LogP contribution in [0, 0.1) is 5.92 Å². The number of primary amides is 1. The van der Waals surface area contributed by atoms with E-state index in [0.29, 0.717) is 17.7 Å². The normalized spacial score (nSPS) is 13.2. The lowest BCUT2D eigenvalue weighted by molar-refractivity contribution is -0.116. The van der Waals surface area contributed by atoms with Crippen LogP contribution in [0.4, 0.5) is 23.1 Å². The maximum atomic E-state index is 11.6. The predicted molar refractivity (Wildman–Crippen MR) is 101 cm³/mol. The largest absolute Gasteiger partial charge is 0.369 e. The highest BCUT2D eigenvalue weighted by atomic mass is 16.2. The lowest BCUT2D eigenvalue weighted by atomic mass is 10.2. The van der Waals surface area contributed by atoms with Crippen molar-refractivity contribution < 1.29 is 9.59 Å². The van der Waals surface area contributed by atoms with Gasteiger partial charge in [0.15, 0.2) is 0 Å². The number of nitrogens with one attached hydrogen (secondary N) is 2. The van der Waals surface area contributed by atoms with Crippen molar-refractivity contribution in [3.05, 3.63) is 36.0 Å². The second-order valence-electron chi connectivity index (χ2n) is 6.40. The van der Waals surface area contributed by atoms with Crippen LogP contribution >= 0.6 is 0 Å². The summed E-state index contributed by atoms with van der Waals surface area (Å²) >= 11 is 0. The third-order valence-electron chi connectivity index (χ3n) is 4.27. The van der Waals surface area contributed by atoms with E-state index in [9.17, 15) is 9.59 Å². The Bertz CT molecular complexity index is 834. The Hall–Kier alpha value is -3.16. The number of benzene rings is 1. The fourth-order valence-corrected chi connectivity index (χ4v) is 2.42. The molecule has 1 aromatic carbocycles. The number of anilines is 4. The van der Waals surface area contributed by atoms with E-state index in [0.717, 1.165) is 17.9 Å². The monoisotopic (exact) mass is 354 g/mol. The molecule has 1 aliphatic rings. The molecule has 2 amide bonds. The zero-order chi connectivity index (χ0) is 18.7. The van der Waals surface area contributed by atoms with Crippen LogP contribution in [0.2, 0.25) is 0 Å². The van der Waals surface area contributed by atoms with E-state index in [1.54, 1.807) is 11.9 Å². The van der Waals surface area contributed by atoms with Crippen molar-refractivity contribution >= 4 is 35.0 Å². The van der Waals surface area contributed by atoms with Crippen LogP contribution in [-0.4, -0.2) is 35.4 Å². The summed E-state index contributed by atoms with van der Waals surface area (Å²) in [7, 11) is 1.71. The number of nitrogens with two attached hydrogens (primary N) is 1. The van der Waals surface area contributed by atoms with Crippen LogP contribution in [0.3, 0.4) is 0 Å². The Morgan fingerprint density at radius 1 is 1.35 bits per heavy atom. The summed E-state index contributed by atoms with van der Waals surface area (Å²) in [4.78, 5) is 33.2. The minimum absolute atomic E-state index is 0.0595. The molecule has 1 aromatic heterocycles. The summed E-state index contributed by atoms with van der Waals surface area (Å²) in [5.74, 6) is 0.770. The molecule has 0 saturated heterocycles. The third kappa shape index (κ3) is 4.27. The van der Waals surface area contributed by atoms with Crippen LogP contribution in [0.15, 0.2) is 30.5 Å². The van der Waals surface area contributed by atoms with Crippen LogP contribution in [0.1, 0.15) is 30.1 Å². The van der Waals surface area contributed by atoms with Crippen LogP contribution in [0.25, 0.3) is 0 Å². The smallest absolute Gasteiger partial charge is 0.254 e. The molecule has 1 fully saturated rings. The van der Waals surface area contributed by atoms with Gasteiger partial charge in [0, 0.05) is 38.1 Å². The second kappa shape index (κ2) is 7.38. The molecule has 0 unspecified atom stereocenters. The predicted octanol–water partition coefficient (Wildman–Crippen LogP) is 2.12. The highest BCUT2D eigenvalue weighted by molar-refractivity contribution is 5.97. The van der Waals surface area contributed by atoms with Crippen molar-refractivity contribution in [2.75, 3.05) is 29.1 Å². The van der Waals surface area contributed by atoms with Gasteiger partial charge in [-0.05, 0) is 37.0 Å². The molecular weight excluding hydrogens is 332 g/mol. The molecule has 0 spiro atoms. The Morgan fingerprint density at radius 2 is 2.12 bits per heavy atom. The topological polar surface area (TPSA) is 113 Å². The summed E-state index contributed by atoms with van der Waals surface area (Å²) in [5.41, 5.74) is 7.15. The number of carbonyl (C=O) groups is 2. The molecule has 8 nitrogen and oxygen atoms in total. The molecule has 2 aromatic rings. The summed E-state index contributed by atoms with van der Waals surface area (Å²) in [6.07, 6.45) is 3.79. The molecule has 0 bridgehead atoms. The molecule has 8 heteroatoms. The highest BCUT2D eigenvalue weighted by Gasteiger charge is 2.22.